The number of amides is 1. The second-order valence-corrected chi connectivity index (χ2v) is 7.94. The Morgan fingerprint density at radius 1 is 1.00 bits per heavy atom. The predicted molar refractivity (Wildman–Crippen MR) is 117 cm³/mol. The molecule has 0 aliphatic carbocycles. The highest BCUT2D eigenvalue weighted by Gasteiger charge is 2.29. The third-order valence-electron chi connectivity index (χ3n) is 5.81. The summed E-state index contributed by atoms with van der Waals surface area (Å²) in [7, 11) is 0. The Balaban J connectivity index is 1.59. The van der Waals surface area contributed by atoms with Gasteiger partial charge in [-0.25, -0.2) is 9.78 Å². The van der Waals surface area contributed by atoms with Crippen LogP contribution in [0.1, 0.15) is 43.5 Å². The lowest BCUT2D eigenvalue weighted by Gasteiger charge is -2.38. The molecule has 30 heavy (non-hydrogen) atoms. The minimum atomic E-state index is -0.503. The fourth-order valence-corrected chi connectivity index (χ4v) is 4.29. The standard InChI is InChI=1S/C25H26N2O3/c1-17-9-8-10-18(2)27(17)24(28)16-30-25(29)21-15-23(19-11-4-3-5-12-19)26-22-14-7-6-13-20(21)22/h3-7,11-15,17-18H,8-10,16H2,1-2H3/t17-,18+. The monoisotopic (exact) mass is 402 g/mol. The highest BCUT2D eigenvalue weighted by atomic mass is 16.5. The number of nitrogens with zero attached hydrogens (tertiary/aromatic N) is 2. The first-order valence-electron chi connectivity index (χ1n) is 10.5. The molecule has 0 N–H and O–H groups in total. The van der Waals surface area contributed by atoms with E-state index < -0.39 is 5.97 Å². The average molecular weight is 402 g/mol. The Labute approximate surface area is 176 Å². The number of pyridine rings is 1. The van der Waals surface area contributed by atoms with Crippen LogP contribution in [0.15, 0.2) is 60.7 Å². The topological polar surface area (TPSA) is 59.5 Å². The molecule has 0 saturated carbocycles. The van der Waals surface area contributed by atoms with E-state index >= 15 is 0 Å². The molecule has 0 unspecified atom stereocenters. The zero-order chi connectivity index (χ0) is 21.1. The number of rotatable bonds is 4. The van der Waals surface area contributed by atoms with E-state index in [-0.39, 0.29) is 24.6 Å². The van der Waals surface area contributed by atoms with Gasteiger partial charge in [0.05, 0.1) is 16.8 Å². The van der Waals surface area contributed by atoms with Gasteiger partial charge in [0.1, 0.15) is 0 Å². The van der Waals surface area contributed by atoms with Crippen LogP contribution in [0.2, 0.25) is 0 Å². The largest absolute Gasteiger partial charge is 0.452 e. The number of likely N-dealkylation sites (tertiary alicyclic amines) is 1. The van der Waals surface area contributed by atoms with Crippen molar-refractivity contribution in [2.24, 2.45) is 0 Å². The van der Waals surface area contributed by atoms with E-state index in [1.54, 1.807) is 6.07 Å². The molecule has 1 aromatic heterocycles. The Bertz CT molecular complexity index is 1050. The number of hydrogen-bond acceptors (Lipinski definition) is 4. The summed E-state index contributed by atoms with van der Waals surface area (Å²) in [4.78, 5) is 32.3. The molecule has 154 valence electrons. The fourth-order valence-electron chi connectivity index (χ4n) is 4.29. The molecule has 2 heterocycles. The van der Waals surface area contributed by atoms with Gasteiger partial charge in [0, 0.05) is 23.0 Å². The van der Waals surface area contributed by atoms with Gasteiger partial charge in [0.15, 0.2) is 6.61 Å². The molecule has 1 amide bonds. The number of fused-ring (bicyclic) bond motifs is 1. The summed E-state index contributed by atoms with van der Waals surface area (Å²) in [5.41, 5.74) is 2.76. The normalized spacial score (nSPS) is 18.9. The Kier molecular flexibility index (Phi) is 5.79. The van der Waals surface area contributed by atoms with Gasteiger partial charge in [-0.2, -0.15) is 0 Å². The Morgan fingerprint density at radius 3 is 2.40 bits per heavy atom. The lowest BCUT2D eigenvalue weighted by Crippen LogP contribution is -2.49. The molecule has 3 aromatic rings. The zero-order valence-electron chi connectivity index (χ0n) is 17.4. The van der Waals surface area contributed by atoms with Gasteiger partial charge >= 0.3 is 5.97 Å². The van der Waals surface area contributed by atoms with Crippen molar-refractivity contribution in [3.63, 3.8) is 0 Å². The lowest BCUT2D eigenvalue weighted by molar-refractivity contribution is -0.140. The molecule has 2 aromatic carbocycles. The summed E-state index contributed by atoms with van der Waals surface area (Å²) >= 11 is 0. The van der Waals surface area contributed by atoms with Gasteiger partial charge in [0.2, 0.25) is 0 Å². The molecule has 4 rings (SSSR count). The van der Waals surface area contributed by atoms with E-state index in [1.165, 1.54) is 0 Å². The third-order valence-corrected chi connectivity index (χ3v) is 5.81. The molecule has 2 atom stereocenters. The van der Waals surface area contributed by atoms with Crippen molar-refractivity contribution >= 4 is 22.8 Å². The second kappa shape index (κ2) is 8.66. The van der Waals surface area contributed by atoms with Crippen molar-refractivity contribution in [1.82, 2.24) is 9.88 Å². The first-order valence-corrected chi connectivity index (χ1v) is 10.5. The molecule has 1 saturated heterocycles. The van der Waals surface area contributed by atoms with Gasteiger partial charge in [-0.05, 0) is 45.2 Å². The van der Waals surface area contributed by atoms with Crippen LogP contribution in [-0.2, 0) is 9.53 Å². The number of para-hydroxylation sites is 1. The summed E-state index contributed by atoms with van der Waals surface area (Å²) in [6.45, 7) is 3.86. The predicted octanol–water partition coefficient (Wildman–Crippen LogP) is 4.85. The van der Waals surface area contributed by atoms with E-state index in [2.05, 4.69) is 13.8 Å². The highest BCUT2D eigenvalue weighted by Crippen LogP contribution is 2.26. The first-order chi connectivity index (χ1) is 14.5. The number of aromatic nitrogens is 1. The van der Waals surface area contributed by atoms with E-state index in [4.69, 9.17) is 9.72 Å². The van der Waals surface area contributed by atoms with Crippen LogP contribution < -0.4 is 0 Å². The first kappa shape index (κ1) is 20.1. The smallest absolute Gasteiger partial charge is 0.339 e. The molecule has 0 radical (unpaired) electrons. The van der Waals surface area contributed by atoms with Crippen LogP contribution >= 0.6 is 0 Å². The average Bonchev–Trinajstić information content (AvgIpc) is 2.77. The Hall–Kier alpha value is -3.21. The number of benzene rings is 2. The van der Waals surface area contributed by atoms with Crippen molar-refractivity contribution in [2.75, 3.05) is 6.61 Å². The SMILES string of the molecule is C[C@@H]1CCC[C@H](C)N1C(=O)COC(=O)c1cc(-c2ccccc2)nc2ccccc12. The van der Waals surface area contributed by atoms with Crippen LogP contribution in [0.25, 0.3) is 22.2 Å². The van der Waals surface area contributed by atoms with Crippen molar-refractivity contribution in [1.29, 1.82) is 0 Å². The van der Waals surface area contributed by atoms with Crippen LogP contribution in [0.5, 0.6) is 0 Å². The molecule has 5 nitrogen and oxygen atoms in total. The molecule has 1 fully saturated rings. The Morgan fingerprint density at radius 2 is 1.67 bits per heavy atom. The van der Waals surface area contributed by atoms with Crippen molar-refractivity contribution in [3.8, 4) is 11.3 Å². The molecular formula is C25H26N2O3. The number of carbonyl (C=O) groups excluding carboxylic acids is 2. The zero-order valence-corrected chi connectivity index (χ0v) is 17.4. The minimum absolute atomic E-state index is 0.135. The molecule has 1 aliphatic heterocycles. The van der Waals surface area contributed by atoms with E-state index in [1.807, 2.05) is 59.5 Å². The summed E-state index contributed by atoms with van der Waals surface area (Å²) in [6.07, 6.45) is 3.09. The summed E-state index contributed by atoms with van der Waals surface area (Å²) in [6, 6.07) is 19.3. The maximum absolute atomic E-state index is 13.0. The number of esters is 1. The number of hydrogen-bond donors (Lipinski definition) is 0. The molecule has 0 bridgehead atoms. The van der Waals surface area contributed by atoms with Crippen molar-refractivity contribution in [2.45, 2.75) is 45.2 Å². The number of carbonyl (C=O) groups is 2. The van der Waals surface area contributed by atoms with E-state index in [0.717, 1.165) is 30.3 Å². The van der Waals surface area contributed by atoms with Gasteiger partial charge in [-0.3, -0.25) is 4.79 Å². The van der Waals surface area contributed by atoms with Crippen LogP contribution in [0.4, 0.5) is 0 Å². The minimum Gasteiger partial charge on any atom is -0.452 e. The molecule has 0 spiro atoms. The van der Waals surface area contributed by atoms with Crippen molar-refractivity contribution < 1.29 is 14.3 Å². The van der Waals surface area contributed by atoms with Gasteiger partial charge in [-0.15, -0.1) is 0 Å². The molecule has 1 aliphatic rings. The maximum Gasteiger partial charge on any atom is 0.339 e. The van der Waals surface area contributed by atoms with Crippen LogP contribution in [-0.4, -0.2) is 40.5 Å². The van der Waals surface area contributed by atoms with Gasteiger partial charge in [-0.1, -0.05) is 48.5 Å². The molecular weight excluding hydrogens is 376 g/mol. The van der Waals surface area contributed by atoms with E-state index in [0.29, 0.717) is 16.6 Å². The van der Waals surface area contributed by atoms with Gasteiger partial charge in [0.25, 0.3) is 5.91 Å². The van der Waals surface area contributed by atoms with Crippen LogP contribution in [0, 0.1) is 0 Å². The summed E-state index contributed by atoms with van der Waals surface area (Å²) in [5.74, 6) is -0.638. The van der Waals surface area contributed by atoms with Crippen LogP contribution in [0.3, 0.4) is 0 Å². The summed E-state index contributed by atoms with van der Waals surface area (Å²) < 4.78 is 5.48. The van der Waals surface area contributed by atoms with Crippen molar-refractivity contribution in [3.05, 3.63) is 66.2 Å². The molecule has 5 heteroatoms. The summed E-state index contributed by atoms with van der Waals surface area (Å²) in [5, 5.41) is 0.717. The second-order valence-electron chi connectivity index (χ2n) is 7.94. The number of ether oxygens (including phenoxy) is 1. The lowest BCUT2D eigenvalue weighted by atomic mass is 9.97. The number of piperidine rings is 1. The third kappa shape index (κ3) is 4.06. The fraction of sp³-hybridized carbons (Fsp3) is 0.320. The highest BCUT2D eigenvalue weighted by molar-refractivity contribution is 6.05. The van der Waals surface area contributed by atoms with Gasteiger partial charge < -0.3 is 9.64 Å². The quantitative estimate of drug-likeness (QED) is 0.586. The van der Waals surface area contributed by atoms with E-state index in [9.17, 15) is 9.59 Å². The maximum atomic E-state index is 13.0.